The summed E-state index contributed by atoms with van der Waals surface area (Å²) in [7, 11) is 0. The van der Waals surface area contributed by atoms with Crippen molar-refractivity contribution in [3.05, 3.63) is 47.1 Å². The second-order valence-corrected chi connectivity index (χ2v) is 6.07. The summed E-state index contributed by atoms with van der Waals surface area (Å²) in [6, 6.07) is 8.04. The van der Waals surface area contributed by atoms with Gasteiger partial charge in [0.05, 0.1) is 19.5 Å². The van der Waals surface area contributed by atoms with Crippen LogP contribution in [0.5, 0.6) is 0 Å². The molecule has 1 saturated heterocycles. The topological polar surface area (TPSA) is 88.5 Å². The van der Waals surface area contributed by atoms with Crippen LogP contribution in [0, 0.1) is 6.92 Å². The highest BCUT2D eigenvalue weighted by Crippen LogP contribution is 2.12. The first-order chi connectivity index (χ1) is 11.7. The smallest absolute Gasteiger partial charge is 0.240 e. The van der Waals surface area contributed by atoms with Crippen LogP contribution in [0.2, 0.25) is 0 Å². The van der Waals surface area contributed by atoms with Crippen molar-refractivity contribution in [2.75, 3.05) is 26.2 Å². The Bertz CT molecular complexity index is 692. The first kappa shape index (κ1) is 16.6. The summed E-state index contributed by atoms with van der Waals surface area (Å²) in [5, 5.41) is 3.91. The van der Waals surface area contributed by atoms with E-state index in [1.54, 1.807) is 0 Å². The van der Waals surface area contributed by atoms with Gasteiger partial charge in [-0.05, 0) is 18.1 Å². The van der Waals surface area contributed by atoms with Crippen molar-refractivity contribution in [2.45, 2.75) is 26.4 Å². The van der Waals surface area contributed by atoms with Gasteiger partial charge in [-0.25, -0.2) is 0 Å². The van der Waals surface area contributed by atoms with Gasteiger partial charge in [-0.15, -0.1) is 0 Å². The van der Waals surface area contributed by atoms with Gasteiger partial charge in [0.25, 0.3) is 0 Å². The lowest BCUT2D eigenvalue weighted by Gasteiger charge is -2.34. The molecule has 7 heteroatoms. The van der Waals surface area contributed by atoms with Gasteiger partial charge in [-0.2, -0.15) is 4.98 Å². The quantitative estimate of drug-likeness (QED) is 0.870. The molecule has 2 aromatic rings. The van der Waals surface area contributed by atoms with E-state index in [0.717, 1.165) is 37.3 Å². The highest BCUT2D eigenvalue weighted by Gasteiger charge is 2.22. The van der Waals surface area contributed by atoms with Crippen LogP contribution < -0.4 is 5.73 Å². The molecule has 128 valence electrons. The van der Waals surface area contributed by atoms with Crippen molar-refractivity contribution in [3.63, 3.8) is 0 Å². The number of rotatable bonds is 5. The zero-order valence-electron chi connectivity index (χ0n) is 13.9. The molecule has 0 bridgehead atoms. The van der Waals surface area contributed by atoms with Crippen LogP contribution in [0.4, 0.5) is 0 Å². The molecule has 1 aliphatic heterocycles. The van der Waals surface area contributed by atoms with Gasteiger partial charge < -0.3 is 15.2 Å². The van der Waals surface area contributed by atoms with E-state index < -0.39 is 0 Å². The Morgan fingerprint density at radius 1 is 1.25 bits per heavy atom. The minimum Gasteiger partial charge on any atom is -0.340 e. The lowest BCUT2D eigenvalue weighted by atomic mass is 10.1. The number of piperazine rings is 1. The van der Waals surface area contributed by atoms with Crippen LogP contribution in [0.15, 0.2) is 28.8 Å². The number of benzene rings is 1. The SMILES string of the molecule is Cc1ccccc1CC(=O)N1CCN(Cc2noc(CN)n2)CC1. The van der Waals surface area contributed by atoms with Gasteiger partial charge in [0.2, 0.25) is 11.8 Å². The molecule has 0 spiro atoms. The molecule has 0 unspecified atom stereocenters. The minimum absolute atomic E-state index is 0.189. The highest BCUT2D eigenvalue weighted by molar-refractivity contribution is 5.79. The van der Waals surface area contributed by atoms with E-state index in [0.29, 0.717) is 24.7 Å². The van der Waals surface area contributed by atoms with E-state index in [2.05, 4.69) is 15.0 Å². The molecule has 2 heterocycles. The normalized spacial score (nSPS) is 15.7. The van der Waals surface area contributed by atoms with Crippen molar-refractivity contribution in [1.82, 2.24) is 19.9 Å². The molecule has 1 aromatic heterocycles. The highest BCUT2D eigenvalue weighted by atomic mass is 16.5. The van der Waals surface area contributed by atoms with Gasteiger partial charge in [0.1, 0.15) is 0 Å². The van der Waals surface area contributed by atoms with Crippen LogP contribution in [0.1, 0.15) is 22.8 Å². The summed E-state index contributed by atoms with van der Waals surface area (Å²) in [6.45, 7) is 6.01. The van der Waals surface area contributed by atoms with Gasteiger partial charge in [0.15, 0.2) is 5.82 Å². The molecule has 3 rings (SSSR count). The maximum atomic E-state index is 12.5. The van der Waals surface area contributed by atoms with E-state index in [4.69, 9.17) is 10.3 Å². The second-order valence-electron chi connectivity index (χ2n) is 6.07. The summed E-state index contributed by atoms with van der Waals surface area (Å²) < 4.78 is 5.01. The predicted molar refractivity (Wildman–Crippen MR) is 88.9 cm³/mol. The fraction of sp³-hybridized carbons (Fsp3) is 0.471. The lowest BCUT2D eigenvalue weighted by molar-refractivity contribution is -0.132. The van der Waals surface area contributed by atoms with Crippen molar-refractivity contribution in [3.8, 4) is 0 Å². The van der Waals surface area contributed by atoms with E-state index in [9.17, 15) is 4.79 Å². The zero-order valence-corrected chi connectivity index (χ0v) is 13.9. The fourth-order valence-electron chi connectivity index (χ4n) is 2.88. The molecule has 0 aliphatic carbocycles. The maximum absolute atomic E-state index is 12.5. The Labute approximate surface area is 141 Å². The standard InChI is InChI=1S/C17H23N5O2/c1-13-4-2-3-5-14(13)10-17(23)22-8-6-21(7-9-22)12-15-19-16(11-18)24-20-15/h2-5H,6-12,18H2,1H3. The Hall–Kier alpha value is -2.25. The predicted octanol–water partition coefficient (Wildman–Crippen LogP) is 0.724. The first-order valence-electron chi connectivity index (χ1n) is 8.22. The van der Waals surface area contributed by atoms with E-state index in [1.807, 2.05) is 36.1 Å². The van der Waals surface area contributed by atoms with Crippen LogP contribution in [-0.2, 0) is 24.3 Å². The Morgan fingerprint density at radius 2 is 2.00 bits per heavy atom. The van der Waals surface area contributed by atoms with Crippen LogP contribution in [0.25, 0.3) is 0 Å². The number of hydrogen-bond acceptors (Lipinski definition) is 6. The van der Waals surface area contributed by atoms with Crippen molar-refractivity contribution in [2.24, 2.45) is 5.73 Å². The largest absolute Gasteiger partial charge is 0.340 e. The molecular weight excluding hydrogens is 306 g/mol. The Kier molecular flexibility index (Phi) is 5.22. The van der Waals surface area contributed by atoms with Crippen molar-refractivity contribution >= 4 is 5.91 Å². The van der Waals surface area contributed by atoms with Gasteiger partial charge in [0, 0.05) is 26.2 Å². The molecule has 24 heavy (non-hydrogen) atoms. The zero-order chi connectivity index (χ0) is 16.9. The van der Waals surface area contributed by atoms with Crippen LogP contribution >= 0.6 is 0 Å². The van der Waals surface area contributed by atoms with Crippen molar-refractivity contribution in [1.29, 1.82) is 0 Å². The number of aryl methyl sites for hydroxylation is 1. The van der Waals surface area contributed by atoms with E-state index in [-0.39, 0.29) is 12.5 Å². The number of amides is 1. The third kappa shape index (κ3) is 3.98. The molecule has 1 fully saturated rings. The summed E-state index contributed by atoms with van der Waals surface area (Å²) in [6.07, 6.45) is 0.470. The van der Waals surface area contributed by atoms with Gasteiger partial charge in [-0.3, -0.25) is 9.69 Å². The number of aromatic nitrogens is 2. The van der Waals surface area contributed by atoms with Crippen LogP contribution in [0.3, 0.4) is 0 Å². The average molecular weight is 329 g/mol. The summed E-state index contributed by atoms with van der Waals surface area (Å²) in [4.78, 5) is 20.9. The first-order valence-corrected chi connectivity index (χ1v) is 8.22. The fourth-order valence-corrected chi connectivity index (χ4v) is 2.88. The average Bonchev–Trinajstić information content (AvgIpc) is 3.05. The number of nitrogens with two attached hydrogens (primary N) is 1. The van der Waals surface area contributed by atoms with Gasteiger partial charge >= 0.3 is 0 Å². The summed E-state index contributed by atoms with van der Waals surface area (Å²) in [5.74, 6) is 1.29. The molecule has 1 amide bonds. The molecule has 2 N–H and O–H groups in total. The Balaban J connectivity index is 1.49. The number of carbonyl (C=O) groups excluding carboxylic acids is 1. The van der Waals surface area contributed by atoms with Crippen molar-refractivity contribution < 1.29 is 9.32 Å². The molecule has 0 saturated carbocycles. The third-order valence-electron chi connectivity index (χ3n) is 4.38. The molecule has 0 radical (unpaired) electrons. The number of nitrogens with zero attached hydrogens (tertiary/aromatic N) is 4. The molecule has 1 aliphatic rings. The monoisotopic (exact) mass is 329 g/mol. The number of hydrogen-bond donors (Lipinski definition) is 1. The summed E-state index contributed by atoms with van der Waals surface area (Å²) in [5.41, 5.74) is 7.73. The third-order valence-corrected chi connectivity index (χ3v) is 4.38. The molecule has 7 nitrogen and oxygen atoms in total. The lowest BCUT2D eigenvalue weighted by Crippen LogP contribution is -2.48. The second kappa shape index (κ2) is 7.55. The van der Waals surface area contributed by atoms with E-state index in [1.165, 1.54) is 0 Å². The van der Waals surface area contributed by atoms with E-state index >= 15 is 0 Å². The van der Waals surface area contributed by atoms with Crippen LogP contribution in [-0.4, -0.2) is 52.0 Å². The molecule has 1 aromatic carbocycles. The molecule has 0 atom stereocenters. The number of carbonyl (C=O) groups is 1. The Morgan fingerprint density at radius 3 is 2.67 bits per heavy atom. The maximum Gasteiger partial charge on any atom is 0.240 e. The minimum atomic E-state index is 0.189. The molecular formula is C17H23N5O2. The summed E-state index contributed by atoms with van der Waals surface area (Å²) >= 11 is 0. The van der Waals surface area contributed by atoms with Gasteiger partial charge in [-0.1, -0.05) is 29.4 Å².